The molecule has 1 aromatic rings. The zero-order valence-electron chi connectivity index (χ0n) is 11.7. The number of rotatable bonds is 2. The highest BCUT2D eigenvalue weighted by Crippen LogP contribution is 2.25. The SMILES string of the molecule is CC1(O)CCCN(C(=O)c2cc([N+](=O)[O-])ccc2I)CC1. The van der Waals surface area contributed by atoms with Crippen molar-refractivity contribution in [3.05, 3.63) is 37.4 Å². The standard InChI is InChI=1S/C14H17IN2O4/c1-14(19)5-2-7-16(8-6-14)13(18)11-9-10(17(20)21)3-4-12(11)15/h3-4,9,19H,2,5-8H2,1H3. The molecule has 0 aromatic heterocycles. The average molecular weight is 404 g/mol. The van der Waals surface area contributed by atoms with Crippen molar-refractivity contribution in [3.8, 4) is 0 Å². The van der Waals surface area contributed by atoms with E-state index < -0.39 is 10.5 Å². The molecule has 21 heavy (non-hydrogen) atoms. The molecule has 1 unspecified atom stereocenters. The summed E-state index contributed by atoms with van der Waals surface area (Å²) in [6.45, 7) is 2.80. The smallest absolute Gasteiger partial charge is 0.270 e. The molecule has 1 amide bonds. The summed E-state index contributed by atoms with van der Waals surface area (Å²) in [5.74, 6) is -0.208. The van der Waals surface area contributed by atoms with Crippen molar-refractivity contribution in [1.82, 2.24) is 4.90 Å². The number of likely N-dealkylation sites (tertiary alicyclic amines) is 1. The van der Waals surface area contributed by atoms with Gasteiger partial charge in [-0.3, -0.25) is 14.9 Å². The average Bonchev–Trinajstić information content (AvgIpc) is 2.59. The van der Waals surface area contributed by atoms with Crippen LogP contribution in [0.2, 0.25) is 0 Å². The van der Waals surface area contributed by atoms with Gasteiger partial charge < -0.3 is 10.0 Å². The molecule has 1 heterocycles. The van der Waals surface area contributed by atoms with Gasteiger partial charge >= 0.3 is 0 Å². The van der Waals surface area contributed by atoms with Gasteiger partial charge in [-0.05, 0) is 54.8 Å². The van der Waals surface area contributed by atoms with Gasteiger partial charge in [-0.1, -0.05) is 0 Å². The Morgan fingerprint density at radius 3 is 2.81 bits per heavy atom. The maximum atomic E-state index is 12.6. The zero-order chi connectivity index (χ0) is 15.6. The lowest BCUT2D eigenvalue weighted by molar-refractivity contribution is -0.384. The van der Waals surface area contributed by atoms with Crippen LogP contribution in [0.4, 0.5) is 5.69 Å². The van der Waals surface area contributed by atoms with Crippen LogP contribution in [0.25, 0.3) is 0 Å². The van der Waals surface area contributed by atoms with Crippen molar-refractivity contribution in [2.24, 2.45) is 0 Å². The first-order valence-corrected chi connectivity index (χ1v) is 7.84. The van der Waals surface area contributed by atoms with E-state index in [9.17, 15) is 20.0 Å². The molecule has 2 rings (SSSR count). The largest absolute Gasteiger partial charge is 0.390 e. The molecule has 0 spiro atoms. The predicted molar refractivity (Wildman–Crippen MR) is 86.2 cm³/mol. The Morgan fingerprint density at radius 2 is 2.14 bits per heavy atom. The summed E-state index contributed by atoms with van der Waals surface area (Å²) in [6, 6.07) is 4.30. The summed E-state index contributed by atoms with van der Waals surface area (Å²) in [7, 11) is 0. The van der Waals surface area contributed by atoms with E-state index in [1.54, 1.807) is 17.9 Å². The Morgan fingerprint density at radius 1 is 1.43 bits per heavy atom. The Bertz CT molecular complexity index is 574. The lowest BCUT2D eigenvalue weighted by atomic mass is 9.98. The number of carbonyl (C=O) groups excluding carboxylic acids is 1. The van der Waals surface area contributed by atoms with Crippen molar-refractivity contribution < 1.29 is 14.8 Å². The Hall–Kier alpha value is -1.22. The van der Waals surface area contributed by atoms with Crippen molar-refractivity contribution in [1.29, 1.82) is 0 Å². The molecule has 7 heteroatoms. The van der Waals surface area contributed by atoms with Gasteiger partial charge in [0.25, 0.3) is 11.6 Å². The molecule has 0 saturated carbocycles. The zero-order valence-corrected chi connectivity index (χ0v) is 13.9. The summed E-state index contributed by atoms with van der Waals surface area (Å²) >= 11 is 2.01. The molecule has 0 radical (unpaired) electrons. The first-order valence-electron chi connectivity index (χ1n) is 6.76. The number of hydrogen-bond acceptors (Lipinski definition) is 4. The van der Waals surface area contributed by atoms with Crippen LogP contribution in [0, 0.1) is 13.7 Å². The van der Waals surface area contributed by atoms with Gasteiger partial charge in [0, 0.05) is 28.8 Å². The second kappa shape index (κ2) is 6.27. The molecule has 0 bridgehead atoms. The van der Waals surface area contributed by atoms with Crippen LogP contribution in [0.1, 0.15) is 36.5 Å². The molecule has 114 valence electrons. The molecular weight excluding hydrogens is 387 g/mol. The minimum Gasteiger partial charge on any atom is -0.390 e. The first kappa shape index (κ1) is 16.2. The molecule has 1 aliphatic rings. The fourth-order valence-electron chi connectivity index (χ4n) is 2.43. The predicted octanol–water partition coefficient (Wildman–Crippen LogP) is 2.58. The van der Waals surface area contributed by atoms with Crippen LogP contribution in [0.15, 0.2) is 18.2 Å². The number of carbonyl (C=O) groups is 1. The topological polar surface area (TPSA) is 83.7 Å². The van der Waals surface area contributed by atoms with Crippen molar-refractivity contribution in [2.75, 3.05) is 13.1 Å². The normalized spacial score (nSPS) is 22.7. The van der Waals surface area contributed by atoms with Crippen molar-refractivity contribution in [3.63, 3.8) is 0 Å². The minimum atomic E-state index is -0.745. The maximum absolute atomic E-state index is 12.6. The highest BCUT2D eigenvalue weighted by Gasteiger charge is 2.28. The second-order valence-corrected chi connectivity index (χ2v) is 6.73. The van der Waals surface area contributed by atoms with E-state index in [0.717, 1.165) is 6.42 Å². The van der Waals surface area contributed by atoms with Gasteiger partial charge in [-0.15, -0.1) is 0 Å². The van der Waals surface area contributed by atoms with E-state index in [1.165, 1.54) is 12.1 Å². The van der Waals surface area contributed by atoms with E-state index in [0.29, 0.717) is 35.1 Å². The molecule has 1 aliphatic heterocycles. The second-order valence-electron chi connectivity index (χ2n) is 5.56. The molecule has 1 fully saturated rings. The third kappa shape index (κ3) is 3.91. The lowest BCUT2D eigenvalue weighted by Crippen LogP contribution is -2.34. The summed E-state index contributed by atoms with van der Waals surface area (Å²) in [5, 5.41) is 20.9. The van der Waals surface area contributed by atoms with Crippen LogP contribution in [0.5, 0.6) is 0 Å². The number of aliphatic hydroxyl groups is 1. The number of halogens is 1. The number of benzene rings is 1. The molecule has 1 aromatic carbocycles. The lowest BCUT2D eigenvalue weighted by Gasteiger charge is -2.23. The number of hydrogen-bond donors (Lipinski definition) is 1. The van der Waals surface area contributed by atoms with Gasteiger partial charge in [-0.25, -0.2) is 0 Å². The van der Waals surface area contributed by atoms with Crippen molar-refractivity contribution in [2.45, 2.75) is 31.8 Å². The van der Waals surface area contributed by atoms with E-state index >= 15 is 0 Å². The maximum Gasteiger partial charge on any atom is 0.270 e. The van der Waals surface area contributed by atoms with Crippen LogP contribution >= 0.6 is 22.6 Å². The van der Waals surface area contributed by atoms with E-state index in [1.807, 2.05) is 22.6 Å². The fraction of sp³-hybridized carbons (Fsp3) is 0.500. The highest BCUT2D eigenvalue weighted by atomic mass is 127. The summed E-state index contributed by atoms with van der Waals surface area (Å²) in [5.41, 5.74) is -0.475. The number of non-ortho nitro benzene ring substituents is 1. The first-order chi connectivity index (χ1) is 9.80. The number of amides is 1. The fourth-order valence-corrected chi connectivity index (χ4v) is 2.99. The Labute approximate surface area is 136 Å². The van der Waals surface area contributed by atoms with Gasteiger partial charge in [0.15, 0.2) is 0 Å². The van der Waals surface area contributed by atoms with Crippen LogP contribution < -0.4 is 0 Å². The van der Waals surface area contributed by atoms with Gasteiger partial charge in [0.1, 0.15) is 0 Å². The summed E-state index contributed by atoms with van der Waals surface area (Å²) < 4.78 is 0.694. The third-order valence-electron chi connectivity index (χ3n) is 3.74. The summed E-state index contributed by atoms with van der Waals surface area (Å²) in [6.07, 6.45) is 1.90. The molecule has 1 atom stereocenters. The van der Waals surface area contributed by atoms with E-state index in [2.05, 4.69) is 0 Å². The number of nitrogens with zero attached hydrogens (tertiary/aromatic N) is 2. The van der Waals surface area contributed by atoms with E-state index in [-0.39, 0.29) is 11.6 Å². The van der Waals surface area contributed by atoms with E-state index in [4.69, 9.17) is 0 Å². The quantitative estimate of drug-likeness (QED) is 0.467. The highest BCUT2D eigenvalue weighted by molar-refractivity contribution is 14.1. The Balaban J connectivity index is 2.23. The van der Waals surface area contributed by atoms with Crippen LogP contribution in [-0.4, -0.2) is 39.5 Å². The molecular formula is C14H17IN2O4. The number of nitro groups is 1. The molecule has 1 N–H and O–H groups in total. The Kier molecular flexibility index (Phi) is 4.82. The molecule has 1 saturated heterocycles. The van der Waals surface area contributed by atoms with Gasteiger partial charge in [0.2, 0.25) is 0 Å². The minimum absolute atomic E-state index is 0.0828. The van der Waals surface area contributed by atoms with Gasteiger partial charge in [-0.2, -0.15) is 0 Å². The molecule has 0 aliphatic carbocycles. The van der Waals surface area contributed by atoms with Crippen molar-refractivity contribution >= 4 is 34.2 Å². The van der Waals surface area contributed by atoms with Crippen LogP contribution in [-0.2, 0) is 0 Å². The molecule has 6 nitrogen and oxygen atoms in total. The summed E-state index contributed by atoms with van der Waals surface area (Å²) in [4.78, 5) is 24.6. The monoisotopic (exact) mass is 404 g/mol. The van der Waals surface area contributed by atoms with Gasteiger partial charge in [0.05, 0.1) is 16.1 Å². The van der Waals surface area contributed by atoms with Crippen LogP contribution in [0.3, 0.4) is 0 Å². The number of nitro benzene ring substituents is 1. The third-order valence-corrected chi connectivity index (χ3v) is 4.68.